The van der Waals surface area contributed by atoms with Crippen LogP contribution in [0.5, 0.6) is 0 Å². The van der Waals surface area contributed by atoms with Gasteiger partial charge >= 0.3 is 0 Å². The Morgan fingerprint density at radius 2 is 1.58 bits per heavy atom. The summed E-state index contributed by atoms with van der Waals surface area (Å²) >= 11 is 0. The maximum absolute atomic E-state index is 10.5. The minimum absolute atomic E-state index is 0.399. The zero-order valence-corrected chi connectivity index (χ0v) is 14.8. The first kappa shape index (κ1) is 21.6. The second kappa shape index (κ2) is 9.92. The van der Waals surface area contributed by atoms with Crippen LogP contribution in [0.25, 0.3) is 0 Å². The van der Waals surface area contributed by atoms with E-state index in [4.69, 9.17) is 33.9 Å². The lowest BCUT2D eigenvalue weighted by molar-refractivity contribution is -0.440. The van der Waals surface area contributed by atoms with Crippen molar-refractivity contribution in [2.45, 2.75) is 63.2 Å². The van der Waals surface area contributed by atoms with E-state index in [2.05, 4.69) is 4.89 Å². The molecule has 0 aliphatic carbocycles. The van der Waals surface area contributed by atoms with E-state index in [0.717, 1.165) is 0 Å². The third kappa shape index (κ3) is 5.56. The highest BCUT2D eigenvalue weighted by Crippen LogP contribution is 2.32. The van der Waals surface area contributed by atoms with Gasteiger partial charge < -0.3 is 19.7 Å². The van der Waals surface area contributed by atoms with Crippen molar-refractivity contribution in [1.82, 2.24) is 0 Å². The Labute approximate surface area is 141 Å². The van der Waals surface area contributed by atoms with E-state index in [-0.39, 0.29) is 0 Å². The predicted molar refractivity (Wildman–Crippen MR) is 78.2 cm³/mol. The van der Waals surface area contributed by atoms with Gasteiger partial charge in [-0.05, 0) is 20.8 Å². The molecule has 0 aromatic carbocycles. The molecule has 10 heteroatoms. The largest absolute Gasteiger partial charge is 0.394 e. The molecule has 0 saturated carbocycles. The first-order valence-electron chi connectivity index (χ1n) is 7.54. The molecule has 1 heterocycles. The monoisotopic (exact) mass is 356 g/mol. The van der Waals surface area contributed by atoms with Gasteiger partial charge in [0.2, 0.25) is 0 Å². The van der Waals surface area contributed by atoms with Crippen LogP contribution in [0.2, 0.25) is 0 Å². The summed E-state index contributed by atoms with van der Waals surface area (Å²) < 4.78 is 11.3. The molecular formula is C14H28O10. The average Bonchev–Trinajstić information content (AvgIpc) is 2.53. The summed E-state index contributed by atoms with van der Waals surface area (Å²) in [4.78, 5) is 29.7. The van der Waals surface area contributed by atoms with Gasteiger partial charge in [0.05, 0.1) is 27.9 Å². The van der Waals surface area contributed by atoms with Gasteiger partial charge in [-0.1, -0.05) is 0 Å². The summed E-state index contributed by atoms with van der Waals surface area (Å²) in [6.07, 6.45) is -5.57. The first-order valence-corrected chi connectivity index (χ1v) is 7.54. The van der Waals surface area contributed by atoms with E-state index < -0.39 is 49.0 Å². The van der Waals surface area contributed by atoms with Crippen LogP contribution in [-0.4, -0.2) is 80.6 Å². The third-order valence-electron chi connectivity index (χ3n) is 3.53. The van der Waals surface area contributed by atoms with Crippen LogP contribution in [0, 0.1) is 0 Å². The van der Waals surface area contributed by atoms with E-state index in [0.29, 0.717) is 0 Å². The lowest BCUT2D eigenvalue weighted by atomic mass is 9.95. The van der Waals surface area contributed by atoms with Crippen molar-refractivity contribution in [2.24, 2.45) is 0 Å². The normalized spacial score (nSPS) is 30.8. The first-order chi connectivity index (χ1) is 11.3. The van der Waals surface area contributed by atoms with Gasteiger partial charge in [-0.2, -0.15) is 0 Å². The molecule has 6 atom stereocenters. The summed E-state index contributed by atoms with van der Waals surface area (Å²) in [5.41, 5.74) is 0. The van der Waals surface area contributed by atoms with Crippen molar-refractivity contribution < 1.29 is 49.0 Å². The molecule has 1 aliphatic rings. The Hall–Kier alpha value is -0.400. The van der Waals surface area contributed by atoms with Crippen molar-refractivity contribution >= 4 is 0 Å². The molecule has 1 fully saturated rings. The highest BCUT2D eigenvalue weighted by atomic mass is 17.2. The second-order valence-electron chi connectivity index (χ2n) is 5.73. The van der Waals surface area contributed by atoms with E-state index in [1.165, 1.54) is 21.3 Å². The van der Waals surface area contributed by atoms with Crippen LogP contribution in [0.3, 0.4) is 0 Å². The van der Waals surface area contributed by atoms with E-state index in [1.54, 1.807) is 20.8 Å². The van der Waals surface area contributed by atoms with Crippen LogP contribution in [-0.2, 0) is 38.8 Å². The summed E-state index contributed by atoms with van der Waals surface area (Å²) in [5.74, 6) is -1.07. The fourth-order valence-electron chi connectivity index (χ4n) is 2.60. The van der Waals surface area contributed by atoms with Gasteiger partial charge in [0.25, 0.3) is 0 Å². The SMILES string of the molecule is COOC(C)[C@H](OOC)[C@@H](OOC)[C@@H]1OC(C)(C)O[C@@H](CO)[C@H]1O. The highest BCUT2D eigenvalue weighted by molar-refractivity contribution is 4.93. The number of aliphatic hydroxyl groups is 2. The fraction of sp³-hybridized carbons (Fsp3) is 1.00. The topological polar surface area (TPSA) is 114 Å². The maximum atomic E-state index is 10.5. The Bertz CT molecular complexity index is 352. The highest BCUT2D eigenvalue weighted by Gasteiger charge is 2.50. The molecule has 1 aliphatic heterocycles. The van der Waals surface area contributed by atoms with Gasteiger partial charge in [-0.25, -0.2) is 29.3 Å². The lowest BCUT2D eigenvalue weighted by Crippen LogP contribution is -2.63. The molecule has 0 aromatic heterocycles. The Kier molecular flexibility index (Phi) is 8.95. The predicted octanol–water partition coefficient (Wildman–Crippen LogP) is -0.281. The van der Waals surface area contributed by atoms with Crippen LogP contribution < -0.4 is 0 Å². The fourth-order valence-corrected chi connectivity index (χ4v) is 2.60. The van der Waals surface area contributed by atoms with Crippen molar-refractivity contribution in [2.75, 3.05) is 27.9 Å². The molecular weight excluding hydrogens is 328 g/mol. The smallest absolute Gasteiger partial charge is 0.164 e. The van der Waals surface area contributed by atoms with Crippen molar-refractivity contribution in [1.29, 1.82) is 0 Å². The lowest BCUT2D eigenvalue weighted by Gasteiger charge is -2.46. The van der Waals surface area contributed by atoms with Gasteiger partial charge in [-0.3, -0.25) is 0 Å². The Morgan fingerprint density at radius 3 is 2.08 bits per heavy atom. The van der Waals surface area contributed by atoms with Gasteiger partial charge in [0.15, 0.2) is 18.0 Å². The van der Waals surface area contributed by atoms with Crippen molar-refractivity contribution in [3.05, 3.63) is 0 Å². The quantitative estimate of drug-likeness (QED) is 0.400. The van der Waals surface area contributed by atoms with E-state index in [1.807, 2.05) is 0 Å². The van der Waals surface area contributed by atoms with Crippen molar-refractivity contribution in [3.8, 4) is 0 Å². The maximum Gasteiger partial charge on any atom is 0.164 e. The Morgan fingerprint density at radius 1 is 1.00 bits per heavy atom. The summed E-state index contributed by atoms with van der Waals surface area (Å²) in [6, 6.07) is 0. The number of aliphatic hydroxyl groups excluding tert-OH is 2. The standard InChI is InChI=1S/C14H28O10/c1-8(22-17-4)11(23-18-5)13(24-19-6)12-10(16)9(7-15)20-14(2,3)21-12/h8-13,15-16H,7H2,1-6H3/t8?,9-,10+,11-,12+,13+/m0/s1. The molecule has 24 heavy (non-hydrogen) atoms. The molecule has 0 spiro atoms. The summed E-state index contributed by atoms with van der Waals surface area (Å²) in [7, 11) is 3.97. The van der Waals surface area contributed by atoms with E-state index >= 15 is 0 Å². The molecule has 1 saturated heterocycles. The molecule has 144 valence electrons. The van der Waals surface area contributed by atoms with E-state index in [9.17, 15) is 10.2 Å². The summed E-state index contributed by atoms with van der Waals surface area (Å²) in [5, 5.41) is 19.9. The second-order valence-corrected chi connectivity index (χ2v) is 5.73. The van der Waals surface area contributed by atoms with Gasteiger partial charge in [0.1, 0.15) is 24.4 Å². The number of rotatable bonds is 10. The molecule has 0 aromatic rings. The molecule has 0 amide bonds. The van der Waals surface area contributed by atoms with Crippen LogP contribution in [0.1, 0.15) is 20.8 Å². The minimum atomic E-state index is -1.21. The average molecular weight is 356 g/mol. The molecule has 1 rings (SSSR count). The molecule has 10 nitrogen and oxygen atoms in total. The third-order valence-corrected chi connectivity index (χ3v) is 3.53. The number of ether oxygens (including phenoxy) is 2. The Balaban J connectivity index is 3.08. The molecule has 2 N–H and O–H groups in total. The van der Waals surface area contributed by atoms with Crippen molar-refractivity contribution in [3.63, 3.8) is 0 Å². The zero-order chi connectivity index (χ0) is 18.3. The van der Waals surface area contributed by atoms with Crippen LogP contribution >= 0.6 is 0 Å². The number of hydrogen-bond acceptors (Lipinski definition) is 10. The molecule has 1 unspecified atom stereocenters. The minimum Gasteiger partial charge on any atom is -0.394 e. The van der Waals surface area contributed by atoms with Gasteiger partial charge in [-0.15, -0.1) is 0 Å². The summed E-state index contributed by atoms with van der Waals surface area (Å²) in [6.45, 7) is 4.56. The van der Waals surface area contributed by atoms with Gasteiger partial charge in [0, 0.05) is 0 Å². The molecule has 0 radical (unpaired) electrons. The zero-order valence-electron chi connectivity index (χ0n) is 14.8. The molecule has 0 bridgehead atoms. The van der Waals surface area contributed by atoms with Crippen LogP contribution in [0.15, 0.2) is 0 Å². The number of hydrogen-bond donors (Lipinski definition) is 2. The van der Waals surface area contributed by atoms with Crippen LogP contribution in [0.4, 0.5) is 0 Å².